The molecule has 39 nitrogen and oxygen atoms in total. The monoisotopic (exact) mass is 1660 g/mol. The molecule has 0 bridgehead atoms. The highest BCUT2D eigenvalue weighted by molar-refractivity contribution is 6.05. The van der Waals surface area contributed by atoms with Gasteiger partial charge in [-0.3, -0.25) is 86.3 Å². The maximum absolute atomic E-state index is 15.0. The number of para-hydroxylation sites is 1. The maximum Gasteiger partial charge on any atom is 0.329 e. The van der Waals surface area contributed by atoms with Gasteiger partial charge in [-0.25, -0.2) is 9.18 Å². The number of fused-ring (bicyclic) bond motifs is 1. The number of rotatable bonds is 40. The summed E-state index contributed by atoms with van der Waals surface area (Å²) in [6.07, 6.45) is -2.61. The van der Waals surface area contributed by atoms with Crippen molar-refractivity contribution in [2.24, 2.45) is 35.1 Å². The Kier molecular flexibility index (Phi) is 42.5. The van der Waals surface area contributed by atoms with Crippen molar-refractivity contribution in [1.82, 2.24) is 58.2 Å². The third-order valence-corrected chi connectivity index (χ3v) is 19.3. The lowest BCUT2D eigenvalue weighted by Gasteiger charge is -2.29. The van der Waals surface area contributed by atoms with Crippen LogP contribution in [0.25, 0.3) is 10.9 Å². The standard InChI is InChI=1S/C78H109FN14O25/c1-7-9-10-11-12-13-14-21-66(102)88-57(26-47-34-84-54-23-22-49(79)30-52(47)54)76(113)90-56(33-65(81)101)63(99)27-46(29-70(107)108)73(110)93-71-45(6)118-78(115)58(32-61(97)50-18-15-16-19-53(50)82-8-2)91-75(112)51(42(3)25-69(105)106)31-64(100)59(37-94)89-67(103)35-83-43(4)60(39-117-41-96)92-72(109)44(5)86-74(111)48(38-116-40-95)28-62(98)55(20-17-24-80)87-68(104)36-85-77(71)114/h15-16,18-19,22-23,30,34,40-42,44-46,48,51,55-60,71,82-84,94H,4,7-14,17,20-21,24-29,31-33,35-39,80H2,1-3,5-6H3,(H2,81,101)(H,85,114)(H,86,111)(H,87,104)(H,88,102)(H,89,103)(H,90,113)(H,91,112)(H,92,109)(H,93,110)(H,105,106)(H,107,108)/t42-,44-,45-,46+,48+,51+,55+,56-,57+,58+,59-,60+,71+/m1/s1. The molecule has 1 saturated heterocycles. The number of ketones is 4. The van der Waals surface area contributed by atoms with E-state index in [0.29, 0.717) is 29.3 Å². The van der Waals surface area contributed by atoms with Gasteiger partial charge in [0.1, 0.15) is 61.4 Å². The van der Waals surface area contributed by atoms with E-state index in [-0.39, 0.29) is 68.7 Å². The number of anilines is 1. The summed E-state index contributed by atoms with van der Waals surface area (Å²) in [6.45, 7) is 6.42. The fraction of sp³-hybridized carbons (Fsp3) is 0.551. The van der Waals surface area contributed by atoms with Crippen LogP contribution in [0.3, 0.4) is 0 Å². The fourth-order valence-corrected chi connectivity index (χ4v) is 12.8. The number of hydrogen-bond acceptors (Lipinski definition) is 26. The van der Waals surface area contributed by atoms with Crippen LogP contribution in [-0.4, -0.2) is 234 Å². The Balaban J connectivity index is 1.90. The first-order valence-corrected chi connectivity index (χ1v) is 38.7. The summed E-state index contributed by atoms with van der Waals surface area (Å²) < 4.78 is 30.2. The van der Waals surface area contributed by atoms with Crippen molar-refractivity contribution in [2.75, 3.05) is 51.3 Å². The van der Waals surface area contributed by atoms with Crippen molar-refractivity contribution in [1.29, 1.82) is 0 Å². The Labute approximate surface area is 679 Å². The first-order chi connectivity index (χ1) is 56.1. The molecule has 0 radical (unpaired) electrons. The van der Waals surface area contributed by atoms with Crippen molar-refractivity contribution in [3.63, 3.8) is 0 Å². The number of aromatic amines is 1. The molecule has 0 spiro atoms. The van der Waals surface area contributed by atoms with Crippen LogP contribution in [0.5, 0.6) is 0 Å². The molecular formula is C78H109FN14O25. The Morgan fingerprint density at radius 2 is 1.33 bits per heavy atom. The second kappa shape index (κ2) is 51.1. The zero-order valence-corrected chi connectivity index (χ0v) is 66.5. The Bertz CT molecular complexity index is 4060. The molecule has 40 heteroatoms. The molecule has 1 aliphatic heterocycles. The highest BCUT2D eigenvalue weighted by atomic mass is 19.1. The lowest BCUT2D eigenvalue weighted by molar-refractivity contribution is -0.156. The molecule has 19 N–H and O–H groups in total. The molecule has 1 aliphatic rings. The topological polar surface area (TPSA) is 613 Å². The Morgan fingerprint density at radius 3 is 1.97 bits per heavy atom. The third-order valence-electron chi connectivity index (χ3n) is 19.3. The van der Waals surface area contributed by atoms with Crippen LogP contribution < -0.4 is 70.0 Å². The van der Waals surface area contributed by atoms with Crippen LogP contribution in [-0.2, 0) is 107 Å². The zero-order chi connectivity index (χ0) is 87.7. The van der Waals surface area contributed by atoms with Crippen molar-refractivity contribution in [3.05, 3.63) is 77.9 Å². The number of halogens is 1. The van der Waals surface area contributed by atoms with Gasteiger partial charge in [-0.05, 0) is 88.4 Å². The van der Waals surface area contributed by atoms with Crippen LogP contribution in [0.4, 0.5) is 10.1 Å². The lowest BCUT2D eigenvalue weighted by Crippen LogP contribution is -2.57. The molecule has 2 heterocycles. The second-order valence-electron chi connectivity index (χ2n) is 28.6. The average molecular weight is 1660 g/mol. The highest BCUT2D eigenvalue weighted by Gasteiger charge is 2.41. The number of H-pyrrole nitrogens is 1. The number of carboxylic acid groups (broad SMARTS) is 2. The van der Waals surface area contributed by atoms with Crippen molar-refractivity contribution >= 4 is 130 Å². The lowest BCUT2D eigenvalue weighted by atomic mass is 9.84. The van der Waals surface area contributed by atoms with Crippen LogP contribution in [0, 0.1) is 29.5 Å². The van der Waals surface area contributed by atoms with E-state index in [1.54, 1.807) is 13.0 Å². The smallest absolute Gasteiger partial charge is 0.329 e. The molecule has 3 aromatic rings. The summed E-state index contributed by atoms with van der Waals surface area (Å²) in [5.41, 5.74) is 12.1. The number of amides is 10. The summed E-state index contributed by atoms with van der Waals surface area (Å²) in [6, 6.07) is -4.84. The van der Waals surface area contributed by atoms with Crippen LogP contribution >= 0.6 is 0 Å². The van der Waals surface area contributed by atoms with E-state index in [2.05, 4.69) is 77.0 Å². The minimum Gasteiger partial charge on any atom is -0.481 e. The fourth-order valence-electron chi connectivity index (χ4n) is 12.8. The molecule has 1 aromatic heterocycles. The number of ether oxygens (including phenoxy) is 3. The predicted octanol–water partition coefficient (Wildman–Crippen LogP) is -0.978. The number of aliphatic hydroxyl groups excluding tert-OH is 1. The molecule has 0 unspecified atom stereocenters. The van der Waals surface area contributed by atoms with E-state index in [1.807, 2.05) is 0 Å². The number of primary amides is 1. The molecule has 648 valence electrons. The number of hydrogen-bond donors (Lipinski definition) is 17. The molecular weight excluding hydrogens is 1550 g/mol. The third kappa shape index (κ3) is 33.6. The van der Waals surface area contributed by atoms with E-state index < -0.39 is 262 Å². The van der Waals surface area contributed by atoms with Gasteiger partial charge in [0.25, 0.3) is 12.9 Å². The number of nitrogens with two attached hydrogens (primary N) is 2. The number of carboxylic acids is 2. The minimum absolute atomic E-state index is 0.00325. The summed E-state index contributed by atoms with van der Waals surface area (Å²) in [4.78, 5) is 264. The minimum atomic E-state index is -2.36. The summed E-state index contributed by atoms with van der Waals surface area (Å²) >= 11 is 0. The first kappa shape index (κ1) is 98.3. The van der Waals surface area contributed by atoms with Crippen molar-refractivity contribution in [2.45, 2.75) is 205 Å². The molecule has 0 saturated carbocycles. The van der Waals surface area contributed by atoms with E-state index in [0.717, 1.165) is 39.0 Å². The number of carbonyl (C=O) groups is 19. The van der Waals surface area contributed by atoms with Gasteiger partial charge in [0.2, 0.25) is 59.1 Å². The number of aromatic nitrogens is 1. The van der Waals surface area contributed by atoms with Gasteiger partial charge >= 0.3 is 17.9 Å². The quantitative estimate of drug-likeness (QED) is 0.0107. The van der Waals surface area contributed by atoms with Gasteiger partial charge in [0.15, 0.2) is 23.1 Å². The summed E-state index contributed by atoms with van der Waals surface area (Å²) in [5, 5.41) is 57.9. The zero-order valence-electron chi connectivity index (χ0n) is 66.5. The number of benzene rings is 2. The van der Waals surface area contributed by atoms with Crippen LogP contribution in [0.1, 0.15) is 160 Å². The number of nitrogens with one attached hydrogen (secondary N) is 12. The van der Waals surface area contributed by atoms with Gasteiger partial charge in [0, 0.05) is 91.5 Å². The van der Waals surface area contributed by atoms with E-state index in [4.69, 9.17) is 25.7 Å². The molecule has 4 rings (SSSR count). The van der Waals surface area contributed by atoms with Gasteiger partial charge in [-0.2, -0.15) is 0 Å². The molecule has 0 aliphatic carbocycles. The number of carbonyl (C=O) groups excluding carboxylic acids is 17. The average Bonchev–Trinajstić information content (AvgIpc) is 1.61. The number of esters is 1. The Hall–Kier alpha value is -12.1. The van der Waals surface area contributed by atoms with Crippen LogP contribution in [0.15, 0.2) is 60.9 Å². The number of aliphatic carboxylic acids is 2. The largest absolute Gasteiger partial charge is 0.481 e. The molecule has 10 amide bonds. The number of aliphatic hydroxyl groups is 1. The Morgan fingerprint density at radius 1 is 0.695 bits per heavy atom. The SMILES string of the molecule is C=C1NCC(=O)N[C@H](CO)C(=O)C[C@@H]([C@H](C)CC(=O)O)C(=O)N[C@@H](CC(=O)c2ccccc2NCC)C(=O)O[C@H](C)[C@H](NC(=O)[C@H](CC(=O)O)CC(=O)[C@@H](CC(N)=O)NC(=O)[C@H](Cc2c[nH]c3ccc(F)cc23)NC(=O)CCCCCCCCC)C(=O)NCC(=O)N[C@@H](CCCN)C(=O)C[C@@H](COC=O)C(=O)N[C@H](C)C(=O)N[C@H]1COC=O. The predicted molar refractivity (Wildman–Crippen MR) is 417 cm³/mol. The van der Waals surface area contributed by atoms with Gasteiger partial charge in [0.05, 0.1) is 56.5 Å². The number of unbranched alkanes of at least 4 members (excludes halogenated alkanes) is 6. The van der Waals surface area contributed by atoms with Gasteiger partial charge in [-0.1, -0.05) is 71.1 Å². The van der Waals surface area contributed by atoms with E-state index in [1.165, 1.54) is 56.4 Å². The molecule has 2 aromatic carbocycles. The highest BCUT2D eigenvalue weighted by Crippen LogP contribution is 2.26. The second-order valence-corrected chi connectivity index (χ2v) is 28.6. The van der Waals surface area contributed by atoms with Crippen molar-refractivity contribution in [3.8, 4) is 0 Å². The summed E-state index contributed by atoms with van der Waals surface area (Å²) in [7, 11) is 0. The van der Waals surface area contributed by atoms with Gasteiger partial charge in [-0.15, -0.1) is 0 Å². The van der Waals surface area contributed by atoms with Crippen LogP contribution in [0.2, 0.25) is 0 Å². The molecule has 1 fully saturated rings. The summed E-state index contributed by atoms with van der Waals surface area (Å²) in [5.74, 6) is -28.2. The first-order valence-electron chi connectivity index (χ1n) is 38.7. The van der Waals surface area contributed by atoms with Gasteiger partial charge < -0.3 is 104 Å². The number of cyclic esters (lactones) is 1. The van der Waals surface area contributed by atoms with E-state index >= 15 is 4.79 Å². The van der Waals surface area contributed by atoms with E-state index in [9.17, 15) is 106 Å². The van der Waals surface area contributed by atoms with Crippen molar-refractivity contribution < 1.29 is 125 Å². The molecule has 13 atom stereocenters. The maximum atomic E-state index is 15.0. The normalized spacial score (nSPS) is 21.0. The number of Topliss-reactive ketones (excluding diaryl/α,β-unsaturated/α-hetero) is 4. The molecule has 118 heavy (non-hydrogen) atoms.